The minimum Gasteiger partial charge on any atom is -0.352 e. The Morgan fingerprint density at radius 1 is 1.40 bits per heavy atom. The zero-order valence-corrected chi connectivity index (χ0v) is 9.83. The molecule has 3 fully saturated rings. The Balaban J connectivity index is 1.60. The molecule has 0 spiro atoms. The number of hydrogen-bond donors (Lipinski definition) is 1. The second-order valence-electron chi connectivity index (χ2n) is 5.58. The monoisotopic (exact) mass is 227 g/mol. The molecule has 2 nitrogen and oxygen atoms in total. The number of nitrogens with one attached hydrogen (secondary N) is 1. The van der Waals surface area contributed by atoms with Gasteiger partial charge in [0.2, 0.25) is 5.91 Å². The minimum atomic E-state index is 0.123. The van der Waals surface area contributed by atoms with Crippen LogP contribution >= 0.6 is 11.6 Å². The van der Waals surface area contributed by atoms with Crippen molar-refractivity contribution < 1.29 is 4.79 Å². The van der Waals surface area contributed by atoms with Crippen molar-refractivity contribution in [2.24, 2.45) is 29.6 Å². The van der Waals surface area contributed by atoms with E-state index in [-0.39, 0.29) is 11.9 Å². The van der Waals surface area contributed by atoms with Crippen molar-refractivity contribution in [1.82, 2.24) is 5.32 Å². The molecule has 0 heterocycles. The third-order valence-corrected chi connectivity index (χ3v) is 5.12. The number of fused-ring (bicyclic) bond motifs is 5. The van der Waals surface area contributed by atoms with Gasteiger partial charge in [0, 0.05) is 17.8 Å². The SMILES string of the molecule is CC(CCl)NC(=O)C1C2C3CCC(C3)C12. The Morgan fingerprint density at radius 2 is 2.00 bits per heavy atom. The van der Waals surface area contributed by atoms with Crippen LogP contribution in [0.15, 0.2) is 0 Å². The number of halogens is 1. The molecular formula is C12H18ClNO. The lowest BCUT2D eigenvalue weighted by atomic mass is 10.0. The molecule has 1 amide bonds. The highest BCUT2D eigenvalue weighted by Gasteiger charge is 2.67. The standard InChI is InChI=1S/C12H18ClNO/c1-6(5-13)14-12(15)11-9-7-2-3-8(4-7)10(9)11/h6-11H,2-5H2,1H3,(H,14,15). The van der Waals surface area contributed by atoms with Gasteiger partial charge in [0.05, 0.1) is 0 Å². The quantitative estimate of drug-likeness (QED) is 0.735. The first-order valence-corrected chi connectivity index (χ1v) is 6.62. The number of carbonyl (C=O) groups is 1. The summed E-state index contributed by atoms with van der Waals surface area (Å²) in [6.45, 7) is 1.97. The van der Waals surface area contributed by atoms with Gasteiger partial charge >= 0.3 is 0 Å². The molecular weight excluding hydrogens is 210 g/mol. The Morgan fingerprint density at radius 3 is 2.53 bits per heavy atom. The van der Waals surface area contributed by atoms with E-state index >= 15 is 0 Å². The molecule has 1 N–H and O–H groups in total. The molecule has 3 aliphatic carbocycles. The van der Waals surface area contributed by atoms with Gasteiger partial charge < -0.3 is 5.32 Å². The van der Waals surface area contributed by atoms with E-state index in [0.717, 1.165) is 23.7 Å². The summed E-state index contributed by atoms with van der Waals surface area (Å²) in [5.74, 6) is 4.37. The smallest absolute Gasteiger partial charge is 0.223 e. The summed E-state index contributed by atoms with van der Waals surface area (Å²) in [6.07, 6.45) is 4.16. The highest BCUT2D eigenvalue weighted by atomic mass is 35.5. The zero-order valence-electron chi connectivity index (χ0n) is 9.08. The van der Waals surface area contributed by atoms with Crippen LogP contribution < -0.4 is 5.32 Å². The van der Waals surface area contributed by atoms with Crippen molar-refractivity contribution in [3.63, 3.8) is 0 Å². The van der Waals surface area contributed by atoms with Crippen molar-refractivity contribution in [2.45, 2.75) is 32.2 Å². The Labute approximate surface area is 95.8 Å². The van der Waals surface area contributed by atoms with E-state index in [1.165, 1.54) is 19.3 Å². The fraction of sp³-hybridized carbons (Fsp3) is 0.917. The first-order chi connectivity index (χ1) is 7.22. The summed E-state index contributed by atoms with van der Waals surface area (Å²) >= 11 is 5.70. The van der Waals surface area contributed by atoms with Crippen LogP contribution in [0.5, 0.6) is 0 Å². The molecule has 5 unspecified atom stereocenters. The second kappa shape index (κ2) is 3.38. The third-order valence-electron chi connectivity index (χ3n) is 4.66. The Kier molecular flexibility index (Phi) is 2.24. The summed E-state index contributed by atoms with van der Waals surface area (Å²) in [5.41, 5.74) is 0. The predicted octanol–water partition coefficient (Wildman–Crippen LogP) is 2.02. The fourth-order valence-corrected chi connectivity index (χ4v) is 4.13. The van der Waals surface area contributed by atoms with Crippen LogP contribution in [0.3, 0.4) is 0 Å². The molecule has 3 rings (SSSR count). The van der Waals surface area contributed by atoms with E-state index < -0.39 is 0 Å². The van der Waals surface area contributed by atoms with Gasteiger partial charge in [-0.05, 0) is 49.9 Å². The summed E-state index contributed by atoms with van der Waals surface area (Å²) in [7, 11) is 0. The number of hydrogen-bond acceptors (Lipinski definition) is 1. The molecule has 0 saturated heterocycles. The summed E-state index contributed by atoms with van der Waals surface area (Å²) < 4.78 is 0. The van der Waals surface area contributed by atoms with E-state index in [9.17, 15) is 4.79 Å². The van der Waals surface area contributed by atoms with Gasteiger partial charge in [-0.1, -0.05) is 0 Å². The molecule has 3 heteroatoms. The van der Waals surface area contributed by atoms with E-state index in [2.05, 4.69) is 5.32 Å². The maximum absolute atomic E-state index is 11.9. The van der Waals surface area contributed by atoms with Gasteiger partial charge in [0.15, 0.2) is 0 Å². The molecule has 5 atom stereocenters. The summed E-state index contributed by atoms with van der Waals surface area (Å²) in [4.78, 5) is 11.9. The van der Waals surface area contributed by atoms with Crippen molar-refractivity contribution in [3.8, 4) is 0 Å². The van der Waals surface area contributed by atoms with E-state index in [1.807, 2.05) is 6.92 Å². The molecule has 84 valence electrons. The van der Waals surface area contributed by atoms with Crippen LogP contribution in [-0.2, 0) is 4.79 Å². The number of amides is 1. The van der Waals surface area contributed by atoms with Crippen LogP contribution in [0, 0.1) is 29.6 Å². The van der Waals surface area contributed by atoms with E-state index in [0.29, 0.717) is 11.8 Å². The number of alkyl halides is 1. The molecule has 0 radical (unpaired) electrons. The third kappa shape index (κ3) is 1.41. The zero-order chi connectivity index (χ0) is 10.6. The second-order valence-corrected chi connectivity index (χ2v) is 5.89. The first-order valence-electron chi connectivity index (χ1n) is 6.08. The van der Waals surface area contributed by atoms with Gasteiger partial charge in [-0.2, -0.15) is 0 Å². The molecule has 0 aliphatic heterocycles. The lowest BCUT2D eigenvalue weighted by molar-refractivity contribution is -0.123. The Hall–Kier alpha value is -0.240. The highest BCUT2D eigenvalue weighted by molar-refractivity contribution is 6.18. The van der Waals surface area contributed by atoms with Gasteiger partial charge in [-0.15, -0.1) is 11.6 Å². The number of carbonyl (C=O) groups excluding carboxylic acids is 1. The molecule has 0 aromatic heterocycles. The maximum Gasteiger partial charge on any atom is 0.223 e. The minimum absolute atomic E-state index is 0.123. The molecule has 3 saturated carbocycles. The van der Waals surface area contributed by atoms with Crippen molar-refractivity contribution in [2.75, 3.05) is 5.88 Å². The van der Waals surface area contributed by atoms with Gasteiger partial charge in [0.25, 0.3) is 0 Å². The van der Waals surface area contributed by atoms with E-state index in [4.69, 9.17) is 11.6 Å². The molecule has 0 aromatic carbocycles. The topological polar surface area (TPSA) is 29.1 Å². The fourth-order valence-electron chi connectivity index (χ4n) is 4.05. The first kappa shape index (κ1) is 9.95. The van der Waals surface area contributed by atoms with E-state index in [1.54, 1.807) is 0 Å². The normalized spacial score (nSPS) is 47.5. The van der Waals surface area contributed by atoms with Gasteiger partial charge in [-0.3, -0.25) is 4.79 Å². The lowest BCUT2D eigenvalue weighted by Gasteiger charge is -2.13. The molecule has 0 aromatic rings. The van der Waals surface area contributed by atoms with Crippen molar-refractivity contribution in [1.29, 1.82) is 0 Å². The highest BCUT2D eigenvalue weighted by Crippen LogP contribution is 2.69. The average molecular weight is 228 g/mol. The van der Waals surface area contributed by atoms with Crippen LogP contribution in [0.25, 0.3) is 0 Å². The largest absolute Gasteiger partial charge is 0.352 e. The molecule has 3 aliphatic rings. The molecule has 15 heavy (non-hydrogen) atoms. The lowest BCUT2D eigenvalue weighted by Crippen LogP contribution is -2.36. The predicted molar refractivity (Wildman–Crippen MR) is 59.6 cm³/mol. The summed E-state index contributed by atoms with van der Waals surface area (Å²) in [6, 6.07) is 0.123. The van der Waals surface area contributed by atoms with Crippen molar-refractivity contribution >= 4 is 17.5 Å². The van der Waals surface area contributed by atoms with Crippen LogP contribution in [-0.4, -0.2) is 17.8 Å². The van der Waals surface area contributed by atoms with Crippen molar-refractivity contribution in [3.05, 3.63) is 0 Å². The average Bonchev–Trinajstić information content (AvgIpc) is 2.68. The molecule has 2 bridgehead atoms. The van der Waals surface area contributed by atoms with Gasteiger partial charge in [0.1, 0.15) is 0 Å². The summed E-state index contributed by atoms with van der Waals surface area (Å²) in [5, 5.41) is 3.02. The maximum atomic E-state index is 11.9. The van der Waals surface area contributed by atoms with Crippen LogP contribution in [0.4, 0.5) is 0 Å². The van der Waals surface area contributed by atoms with Gasteiger partial charge in [-0.25, -0.2) is 0 Å². The van der Waals surface area contributed by atoms with Crippen LogP contribution in [0.1, 0.15) is 26.2 Å². The van der Waals surface area contributed by atoms with Crippen LogP contribution in [0.2, 0.25) is 0 Å². The Bertz CT molecular complexity index is 277. The number of rotatable bonds is 3.